The SMILES string of the molecule is CCN1C(=O)[C@@H](NC(=O)c2cccc(C(F)(F)F)c2)[C@@H](c2ccc(F)cc2)c2c(CNC(=O)[C@H](C)Cl)nn(-c3ccccc3)c21. The minimum Gasteiger partial charge on any atom is -0.349 e. The predicted molar refractivity (Wildman–Crippen MR) is 160 cm³/mol. The van der Waals surface area contributed by atoms with Crippen LogP contribution in [0.15, 0.2) is 78.9 Å². The highest BCUT2D eigenvalue weighted by Crippen LogP contribution is 2.43. The number of hydrogen-bond acceptors (Lipinski definition) is 4. The van der Waals surface area contributed by atoms with Gasteiger partial charge in [0.1, 0.15) is 23.1 Å². The van der Waals surface area contributed by atoms with E-state index >= 15 is 0 Å². The van der Waals surface area contributed by atoms with E-state index in [1.807, 2.05) is 6.07 Å². The molecule has 45 heavy (non-hydrogen) atoms. The van der Waals surface area contributed by atoms with Gasteiger partial charge in [0.2, 0.25) is 5.91 Å². The topological polar surface area (TPSA) is 96.3 Å². The van der Waals surface area contributed by atoms with Crippen molar-refractivity contribution in [3.63, 3.8) is 0 Å². The Bertz CT molecular complexity index is 1730. The highest BCUT2D eigenvalue weighted by Gasteiger charge is 2.46. The molecule has 1 aliphatic rings. The number of nitrogens with zero attached hydrogens (tertiary/aromatic N) is 3. The summed E-state index contributed by atoms with van der Waals surface area (Å²) in [6, 6.07) is 16.8. The summed E-state index contributed by atoms with van der Waals surface area (Å²) >= 11 is 5.98. The molecule has 0 aliphatic carbocycles. The third-order valence-corrected chi connectivity index (χ3v) is 7.68. The number of carbonyl (C=O) groups excluding carboxylic acids is 3. The number of para-hydroxylation sites is 1. The van der Waals surface area contributed by atoms with Gasteiger partial charge < -0.3 is 10.6 Å². The molecule has 0 saturated heterocycles. The van der Waals surface area contributed by atoms with E-state index in [0.29, 0.717) is 34.4 Å². The summed E-state index contributed by atoms with van der Waals surface area (Å²) in [6.07, 6.45) is -4.69. The predicted octanol–water partition coefficient (Wildman–Crippen LogP) is 5.57. The van der Waals surface area contributed by atoms with Crippen molar-refractivity contribution in [3.05, 3.63) is 113 Å². The Morgan fingerprint density at radius 3 is 2.33 bits per heavy atom. The smallest absolute Gasteiger partial charge is 0.349 e. The Labute approximate surface area is 261 Å². The summed E-state index contributed by atoms with van der Waals surface area (Å²) in [5, 5.41) is 9.32. The largest absolute Gasteiger partial charge is 0.416 e. The molecule has 234 valence electrons. The van der Waals surface area contributed by atoms with Crippen molar-refractivity contribution in [3.8, 4) is 5.69 Å². The summed E-state index contributed by atoms with van der Waals surface area (Å²) in [5.74, 6) is -3.07. The lowest BCUT2D eigenvalue weighted by Gasteiger charge is -2.38. The molecule has 2 N–H and O–H groups in total. The van der Waals surface area contributed by atoms with Gasteiger partial charge in [-0.15, -0.1) is 11.6 Å². The number of alkyl halides is 4. The molecule has 5 rings (SSSR count). The van der Waals surface area contributed by atoms with E-state index in [0.717, 1.165) is 12.1 Å². The number of likely N-dealkylation sites (N-methyl/N-ethyl adjacent to an activating group) is 1. The maximum absolute atomic E-state index is 14.2. The molecule has 13 heteroatoms. The zero-order valence-corrected chi connectivity index (χ0v) is 24.9. The van der Waals surface area contributed by atoms with E-state index in [2.05, 4.69) is 10.6 Å². The molecule has 3 amide bonds. The van der Waals surface area contributed by atoms with Gasteiger partial charge in [-0.2, -0.15) is 18.3 Å². The van der Waals surface area contributed by atoms with Crippen molar-refractivity contribution in [2.75, 3.05) is 11.4 Å². The molecule has 0 bridgehead atoms. The zero-order chi connectivity index (χ0) is 32.5. The first-order valence-electron chi connectivity index (χ1n) is 14.0. The average molecular weight is 642 g/mol. The lowest BCUT2D eigenvalue weighted by Crippen LogP contribution is -2.55. The number of halogens is 5. The van der Waals surface area contributed by atoms with Gasteiger partial charge in [-0.3, -0.25) is 19.3 Å². The molecule has 0 saturated carbocycles. The van der Waals surface area contributed by atoms with Gasteiger partial charge in [-0.25, -0.2) is 9.07 Å². The summed E-state index contributed by atoms with van der Waals surface area (Å²) in [5.41, 5.74) is 0.526. The van der Waals surface area contributed by atoms with E-state index < -0.39 is 52.6 Å². The number of aromatic nitrogens is 2. The summed E-state index contributed by atoms with van der Waals surface area (Å²) < 4.78 is 55.9. The van der Waals surface area contributed by atoms with Crippen molar-refractivity contribution in [1.29, 1.82) is 0 Å². The Morgan fingerprint density at radius 2 is 1.71 bits per heavy atom. The number of anilines is 1. The van der Waals surface area contributed by atoms with Gasteiger partial charge in [0.05, 0.1) is 23.5 Å². The molecule has 2 heterocycles. The second kappa shape index (κ2) is 12.7. The van der Waals surface area contributed by atoms with Crippen LogP contribution in [0, 0.1) is 5.82 Å². The summed E-state index contributed by atoms with van der Waals surface area (Å²) in [6.45, 7) is 3.27. The monoisotopic (exact) mass is 641 g/mol. The van der Waals surface area contributed by atoms with Crippen molar-refractivity contribution < 1.29 is 31.9 Å². The van der Waals surface area contributed by atoms with Crippen LogP contribution in [0.4, 0.5) is 23.4 Å². The lowest BCUT2D eigenvalue weighted by atomic mass is 9.80. The minimum absolute atomic E-state index is 0.101. The normalized spacial score (nSPS) is 17.0. The van der Waals surface area contributed by atoms with Crippen LogP contribution in [0.5, 0.6) is 0 Å². The Kier molecular flexibility index (Phi) is 8.96. The Balaban J connectivity index is 1.69. The van der Waals surface area contributed by atoms with Gasteiger partial charge in [0.25, 0.3) is 11.8 Å². The maximum Gasteiger partial charge on any atom is 0.416 e. The number of rotatable bonds is 8. The van der Waals surface area contributed by atoms with Crippen LogP contribution in [-0.2, 0) is 22.3 Å². The standard InChI is InChI=1S/C32H28ClF4N5O3/c1-3-41-30-26(24(17-38-28(43)18(2)33)40-42(30)23-10-5-4-6-11-23)25(19-12-14-22(34)15-13-19)27(31(41)45)39-29(44)20-8-7-9-21(16-20)32(35,36)37/h4-16,18,25,27H,3,17H2,1-2H3,(H,38,43)(H,39,44)/t18-,25-,27-/m0/s1. The second-order valence-electron chi connectivity index (χ2n) is 10.4. The third kappa shape index (κ3) is 6.41. The molecule has 3 aromatic carbocycles. The van der Waals surface area contributed by atoms with Crippen LogP contribution < -0.4 is 15.5 Å². The molecule has 0 unspecified atom stereocenters. The van der Waals surface area contributed by atoms with Crippen LogP contribution in [0.25, 0.3) is 5.69 Å². The summed E-state index contributed by atoms with van der Waals surface area (Å²) in [7, 11) is 0. The van der Waals surface area contributed by atoms with Gasteiger partial charge in [-0.1, -0.05) is 36.4 Å². The third-order valence-electron chi connectivity index (χ3n) is 7.48. The number of nitrogens with one attached hydrogen (secondary N) is 2. The molecular weight excluding hydrogens is 614 g/mol. The Morgan fingerprint density at radius 1 is 1.02 bits per heavy atom. The van der Waals surface area contributed by atoms with Crippen LogP contribution in [-0.4, -0.2) is 45.5 Å². The van der Waals surface area contributed by atoms with Crippen molar-refractivity contribution in [2.24, 2.45) is 0 Å². The molecule has 4 aromatic rings. The number of amides is 3. The van der Waals surface area contributed by atoms with Crippen LogP contribution in [0.3, 0.4) is 0 Å². The fourth-order valence-electron chi connectivity index (χ4n) is 5.36. The molecule has 3 atom stereocenters. The number of carbonyl (C=O) groups is 3. The lowest BCUT2D eigenvalue weighted by molar-refractivity contribution is -0.137. The zero-order valence-electron chi connectivity index (χ0n) is 24.1. The van der Waals surface area contributed by atoms with E-state index in [4.69, 9.17) is 16.7 Å². The van der Waals surface area contributed by atoms with E-state index in [9.17, 15) is 31.9 Å². The van der Waals surface area contributed by atoms with Gasteiger partial charge in [-0.05, 0) is 61.9 Å². The molecular formula is C32H28ClF4N5O3. The van der Waals surface area contributed by atoms with Gasteiger partial charge in [0, 0.05) is 23.6 Å². The molecule has 8 nitrogen and oxygen atoms in total. The highest BCUT2D eigenvalue weighted by atomic mass is 35.5. The minimum atomic E-state index is -4.69. The number of hydrogen-bond donors (Lipinski definition) is 2. The molecule has 0 radical (unpaired) electrons. The Hall–Kier alpha value is -4.71. The van der Waals surface area contributed by atoms with Gasteiger partial charge in [0.15, 0.2) is 0 Å². The van der Waals surface area contributed by atoms with Crippen LogP contribution in [0.2, 0.25) is 0 Å². The first-order chi connectivity index (χ1) is 21.4. The first kappa shape index (κ1) is 31.7. The average Bonchev–Trinajstić information content (AvgIpc) is 3.39. The van der Waals surface area contributed by atoms with Crippen molar-refractivity contribution in [2.45, 2.75) is 43.9 Å². The fourth-order valence-corrected chi connectivity index (χ4v) is 5.43. The van der Waals surface area contributed by atoms with Crippen LogP contribution >= 0.6 is 11.6 Å². The number of fused-ring (bicyclic) bond motifs is 1. The molecule has 1 aliphatic heterocycles. The van der Waals surface area contributed by atoms with Crippen molar-refractivity contribution >= 4 is 35.1 Å². The van der Waals surface area contributed by atoms with Gasteiger partial charge >= 0.3 is 6.18 Å². The fraction of sp³-hybridized carbons (Fsp3) is 0.250. The highest BCUT2D eigenvalue weighted by molar-refractivity contribution is 6.30. The second-order valence-corrected chi connectivity index (χ2v) is 11.1. The molecule has 1 aromatic heterocycles. The molecule has 0 fully saturated rings. The molecule has 0 spiro atoms. The van der Waals surface area contributed by atoms with Crippen molar-refractivity contribution in [1.82, 2.24) is 20.4 Å². The summed E-state index contributed by atoms with van der Waals surface area (Å²) in [4.78, 5) is 41.6. The first-order valence-corrected chi connectivity index (χ1v) is 14.5. The van der Waals surface area contributed by atoms with Crippen LogP contribution in [0.1, 0.15) is 52.5 Å². The van der Waals surface area contributed by atoms with E-state index in [-0.39, 0.29) is 18.7 Å². The van der Waals surface area contributed by atoms with E-state index in [1.54, 1.807) is 35.9 Å². The van der Waals surface area contributed by atoms with E-state index in [1.165, 1.54) is 42.2 Å². The number of benzene rings is 3. The quantitative estimate of drug-likeness (QED) is 0.194. The maximum atomic E-state index is 14.2.